The molecule has 34 heavy (non-hydrogen) atoms. The van der Waals surface area contributed by atoms with Crippen molar-refractivity contribution < 1.29 is 17.9 Å². The van der Waals surface area contributed by atoms with Crippen molar-refractivity contribution in [1.82, 2.24) is 14.5 Å². The molecule has 2 heterocycles. The highest BCUT2D eigenvalue weighted by molar-refractivity contribution is 7.89. The summed E-state index contributed by atoms with van der Waals surface area (Å²) in [5.74, 6) is 0.335. The molecule has 1 unspecified atom stereocenters. The molecule has 0 aliphatic carbocycles. The van der Waals surface area contributed by atoms with Crippen LogP contribution < -0.4 is 10.1 Å². The molecular formula is C24H28N4O4S2. The van der Waals surface area contributed by atoms with E-state index in [4.69, 9.17) is 4.74 Å². The van der Waals surface area contributed by atoms with Gasteiger partial charge in [-0.1, -0.05) is 44.2 Å². The molecule has 1 amide bonds. The van der Waals surface area contributed by atoms with Gasteiger partial charge in [0.25, 0.3) is 0 Å². The standard InChI is InChI=1S/C24H28N4O4S2/c1-24(2,3)17-9-13-19(14-10-17)34(30,31)28-15-5-6-20(28)21(29)25-23-27-26-22(33-23)16-7-11-18(32-4)12-8-16/h7-14,20H,5-6,15H2,1-4H3,(H,25,27,29). The lowest BCUT2D eigenvalue weighted by atomic mass is 9.87. The molecule has 1 saturated heterocycles. The highest BCUT2D eigenvalue weighted by Crippen LogP contribution is 2.31. The van der Waals surface area contributed by atoms with Crippen LogP contribution in [0.4, 0.5) is 5.13 Å². The zero-order valence-electron chi connectivity index (χ0n) is 19.6. The van der Waals surface area contributed by atoms with E-state index in [1.165, 1.54) is 15.6 Å². The number of rotatable bonds is 6. The minimum atomic E-state index is -3.80. The van der Waals surface area contributed by atoms with Crippen molar-refractivity contribution in [2.45, 2.75) is 50.0 Å². The van der Waals surface area contributed by atoms with Gasteiger partial charge in [0.2, 0.25) is 21.1 Å². The average molecular weight is 501 g/mol. The summed E-state index contributed by atoms with van der Waals surface area (Å²) < 4.78 is 33.1. The van der Waals surface area contributed by atoms with Gasteiger partial charge in [-0.3, -0.25) is 10.1 Å². The molecule has 10 heteroatoms. The third-order valence-corrected chi connectivity index (χ3v) is 8.64. The van der Waals surface area contributed by atoms with Crippen LogP contribution in [0.25, 0.3) is 10.6 Å². The van der Waals surface area contributed by atoms with Crippen LogP contribution in [0, 0.1) is 0 Å². The number of carbonyl (C=O) groups excluding carboxylic acids is 1. The second-order valence-electron chi connectivity index (χ2n) is 9.18. The Balaban J connectivity index is 1.48. The fourth-order valence-electron chi connectivity index (χ4n) is 3.86. The van der Waals surface area contributed by atoms with Gasteiger partial charge in [0.1, 0.15) is 16.8 Å². The van der Waals surface area contributed by atoms with Crippen molar-refractivity contribution >= 4 is 32.4 Å². The number of nitrogens with zero attached hydrogens (tertiary/aromatic N) is 3. The van der Waals surface area contributed by atoms with Gasteiger partial charge in [0.05, 0.1) is 12.0 Å². The van der Waals surface area contributed by atoms with Gasteiger partial charge in [-0.05, 0) is 60.2 Å². The first-order valence-corrected chi connectivity index (χ1v) is 13.3. The van der Waals surface area contributed by atoms with Crippen molar-refractivity contribution in [3.63, 3.8) is 0 Å². The fraction of sp³-hybridized carbons (Fsp3) is 0.375. The lowest BCUT2D eigenvalue weighted by Crippen LogP contribution is -2.43. The minimum Gasteiger partial charge on any atom is -0.497 e. The number of methoxy groups -OCH3 is 1. The summed E-state index contributed by atoms with van der Waals surface area (Å²) in [5, 5.41) is 11.9. The molecule has 0 spiro atoms. The molecule has 1 aromatic heterocycles. The number of sulfonamides is 1. The predicted octanol–water partition coefficient (Wildman–Crippen LogP) is 4.30. The van der Waals surface area contributed by atoms with Crippen molar-refractivity contribution in [3.05, 3.63) is 54.1 Å². The van der Waals surface area contributed by atoms with Gasteiger partial charge in [0.15, 0.2) is 0 Å². The van der Waals surface area contributed by atoms with Crippen molar-refractivity contribution in [2.75, 3.05) is 19.0 Å². The van der Waals surface area contributed by atoms with Gasteiger partial charge in [-0.25, -0.2) is 8.42 Å². The zero-order valence-corrected chi connectivity index (χ0v) is 21.2. The van der Waals surface area contributed by atoms with E-state index in [1.807, 2.05) is 36.4 Å². The number of aromatic nitrogens is 2. The maximum atomic E-state index is 13.3. The number of amides is 1. The number of benzene rings is 2. The number of carbonyl (C=O) groups is 1. The molecule has 0 bridgehead atoms. The number of ether oxygens (including phenoxy) is 1. The Morgan fingerprint density at radius 2 is 1.76 bits per heavy atom. The molecule has 1 aliphatic rings. The maximum Gasteiger partial charge on any atom is 0.244 e. The largest absolute Gasteiger partial charge is 0.497 e. The highest BCUT2D eigenvalue weighted by Gasteiger charge is 2.39. The smallest absolute Gasteiger partial charge is 0.244 e. The molecule has 4 rings (SSSR count). The minimum absolute atomic E-state index is 0.0786. The Bertz CT molecular complexity index is 1260. The second kappa shape index (κ2) is 9.44. The predicted molar refractivity (Wildman–Crippen MR) is 133 cm³/mol. The van der Waals surface area contributed by atoms with Crippen LogP contribution in [0.2, 0.25) is 0 Å². The normalized spacial score (nSPS) is 17.0. The summed E-state index contributed by atoms with van der Waals surface area (Å²) in [6.45, 7) is 6.52. The molecule has 1 aliphatic heterocycles. The summed E-state index contributed by atoms with van der Waals surface area (Å²) >= 11 is 1.23. The number of nitrogens with one attached hydrogen (secondary N) is 1. The molecular weight excluding hydrogens is 472 g/mol. The zero-order chi connectivity index (χ0) is 24.5. The monoisotopic (exact) mass is 500 g/mol. The Morgan fingerprint density at radius 1 is 1.09 bits per heavy atom. The summed E-state index contributed by atoms with van der Waals surface area (Å²) in [6.07, 6.45) is 1.07. The van der Waals surface area contributed by atoms with E-state index in [2.05, 4.69) is 36.3 Å². The SMILES string of the molecule is COc1ccc(-c2nnc(NC(=O)C3CCCN3S(=O)(=O)c3ccc(C(C)(C)C)cc3)s2)cc1. The van der Waals surface area contributed by atoms with Crippen LogP contribution in [0.1, 0.15) is 39.2 Å². The van der Waals surface area contributed by atoms with Gasteiger partial charge < -0.3 is 4.74 Å². The van der Waals surface area contributed by atoms with E-state index < -0.39 is 22.0 Å². The molecule has 1 fully saturated rings. The molecule has 0 radical (unpaired) electrons. The lowest BCUT2D eigenvalue weighted by molar-refractivity contribution is -0.119. The third-order valence-electron chi connectivity index (χ3n) is 5.83. The van der Waals surface area contributed by atoms with E-state index in [0.717, 1.165) is 16.9 Å². The molecule has 1 N–H and O–H groups in total. The Hall–Kier alpha value is -2.82. The van der Waals surface area contributed by atoms with Gasteiger partial charge in [0, 0.05) is 12.1 Å². The number of hydrogen-bond donors (Lipinski definition) is 1. The average Bonchev–Trinajstić information content (AvgIpc) is 3.49. The maximum absolute atomic E-state index is 13.3. The highest BCUT2D eigenvalue weighted by atomic mass is 32.2. The lowest BCUT2D eigenvalue weighted by Gasteiger charge is -2.24. The van der Waals surface area contributed by atoms with Crippen LogP contribution in [0.3, 0.4) is 0 Å². The van der Waals surface area contributed by atoms with Crippen molar-refractivity contribution in [1.29, 1.82) is 0 Å². The van der Waals surface area contributed by atoms with E-state index in [9.17, 15) is 13.2 Å². The molecule has 2 aromatic carbocycles. The summed E-state index contributed by atoms with van der Waals surface area (Å²) in [6, 6.07) is 13.5. The van der Waals surface area contributed by atoms with Gasteiger partial charge in [-0.2, -0.15) is 4.31 Å². The molecule has 0 saturated carbocycles. The van der Waals surface area contributed by atoms with Crippen LogP contribution in [0.15, 0.2) is 53.4 Å². The van der Waals surface area contributed by atoms with E-state index in [1.54, 1.807) is 19.2 Å². The quantitative estimate of drug-likeness (QED) is 0.541. The summed E-state index contributed by atoms with van der Waals surface area (Å²) in [4.78, 5) is 13.2. The fourth-order valence-corrected chi connectivity index (χ4v) is 6.27. The van der Waals surface area contributed by atoms with E-state index >= 15 is 0 Å². The number of anilines is 1. The summed E-state index contributed by atoms with van der Waals surface area (Å²) in [7, 11) is -2.21. The molecule has 3 aromatic rings. The number of hydrogen-bond acceptors (Lipinski definition) is 7. The Morgan fingerprint density at radius 3 is 2.38 bits per heavy atom. The van der Waals surface area contributed by atoms with Crippen molar-refractivity contribution in [2.24, 2.45) is 0 Å². The molecule has 180 valence electrons. The first kappa shape index (κ1) is 24.3. The molecule has 1 atom stereocenters. The van der Waals surface area contributed by atoms with Crippen LogP contribution >= 0.6 is 11.3 Å². The van der Waals surface area contributed by atoms with Gasteiger partial charge >= 0.3 is 0 Å². The first-order valence-electron chi connectivity index (χ1n) is 11.0. The second-order valence-corrected chi connectivity index (χ2v) is 12.0. The third kappa shape index (κ3) is 4.98. The van der Waals surface area contributed by atoms with Gasteiger partial charge in [-0.15, -0.1) is 10.2 Å². The van der Waals surface area contributed by atoms with Crippen LogP contribution in [0.5, 0.6) is 5.75 Å². The van der Waals surface area contributed by atoms with E-state index in [0.29, 0.717) is 29.5 Å². The van der Waals surface area contributed by atoms with Crippen LogP contribution in [-0.4, -0.2) is 48.5 Å². The topological polar surface area (TPSA) is 101 Å². The van der Waals surface area contributed by atoms with Crippen LogP contribution in [-0.2, 0) is 20.2 Å². The molecule has 8 nitrogen and oxygen atoms in total. The van der Waals surface area contributed by atoms with E-state index in [-0.39, 0.29) is 10.3 Å². The Kier molecular flexibility index (Phi) is 6.75. The summed E-state index contributed by atoms with van der Waals surface area (Å²) in [5.41, 5.74) is 1.82. The van der Waals surface area contributed by atoms with Crippen molar-refractivity contribution in [3.8, 4) is 16.3 Å². The Labute approximate surface area is 204 Å². The first-order chi connectivity index (χ1) is 16.1.